The standard InChI is InChI=1S/C10H14FN3O2S/c1-13-10(12)14(2)17(15,16)7-8-5-3-4-6-9(8)11/h3-6H,7H2,1-2H3,(H2,12,13). The molecule has 0 bridgehead atoms. The van der Waals surface area contributed by atoms with Gasteiger partial charge in [0, 0.05) is 19.7 Å². The smallest absolute Gasteiger partial charge is 0.241 e. The van der Waals surface area contributed by atoms with E-state index in [1.165, 1.54) is 32.3 Å². The van der Waals surface area contributed by atoms with E-state index in [2.05, 4.69) is 5.32 Å². The van der Waals surface area contributed by atoms with Gasteiger partial charge < -0.3 is 5.32 Å². The fourth-order valence-electron chi connectivity index (χ4n) is 1.21. The molecule has 0 aromatic heterocycles. The summed E-state index contributed by atoms with van der Waals surface area (Å²) in [5.41, 5.74) is 0.0863. The minimum Gasteiger partial charge on any atom is -0.359 e. The van der Waals surface area contributed by atoms with E-state index in [9.17, 15) is 12.8 Å². The van der Waals surface area contributed by atoms with E-state index >= 15 is 0 Å². The number of nitrogens with one attached hydrogen (secondary N) is 2. The van der Waals surface area contributed by atoms with Crippen molar-refractivity contribution in [3.8, 4) is 0 Å². The Hall–Kier alpha value is -1.63. The maximum absolute atomic E-state index is 13.3. The predicted octanol–water partition coefficient (Wildman–Crippen LogP) is 0.741. The molecule has 0 atom stereocenters. The van der Waals surface area contributed by atoms with Gasteiger partial charge in [-0.25, -0.2) is 17.1 Å². The average molecular weight is 259 g/mol. The second kappa shape index (κ2) is 5.13. The molecule has 0 spiro atoms. The number of halogens is 1. The molecule has 94 valence electrons. The quantitative estimate of drug-likeness (QED) is 0.621. The summed E-state index contributed by atoms with van der Waals surface area (Å²) in [6.07, 6.45) is 0. The molecule has 17 heavy (non-hydrogen) atoms. The summed E-state index contributed by atoms with van der Waals surface area (Å²) in [6, 6.07) is 5.67. The second-order valence-corrected chi connectivity index (χ2v) is 5.41. The number of sulfonamides is 1. The zero-order valence-corrected chi connectivity index (χ0v) is 10.4. The summed E-state index contributed by atoms with van der Waals surface area (Å²) < 4.78 is 37.8. The van der Waals surface area contributed by atoms with Crippen LogP contribution in [0.4, 0.5) is 4.39 Å². The SMILES string of the molecule is CNC(=N)N(C)S(=O)(=O)Cc1ccccc1F. The Morgan fingerprint density at radius 3 is 2.59 bits per heavy atom. The minimum absolute atomic E-state index is 0.0863. The van der Waals surface area contributed by atoms with Crippen LogP contribution in [-0.2, 0) is 15.8 Å². The maximum Gasteiger partial charge on any atom is 0.241 e. The highest BCUT2D eigenvalue weighted by atomic mass is 32.2. The Bertz CT molecular complexity index is 516. The van der Waals surface area contributed by atoms with Crippen molar-refractivity contribution in [1.82, 2.24) is 9.62 Å². The van der Waals surface area contributed by atoms with Crippen molar-refractivity contribution >= 4 is 16.0 Å². The third-order valence-corrected chi connectivity index (χ3v) is 3.96. The summed E-state index contributed by atoms with van der Waals surface area (Å²) in [5.74, 6) is -1.30. The number of rotatable bonds is 3. The zero-order chi connectivity index (χ0) is 13.1. The van der Waals surface area contributed by atoms with Crippen LogP contribution in [0.5, 0.6) is 0 Å². The van der Waals surface area contributed by atoms with Crippen LogP contribution in [0.3, 0.4) is 0 Å². The number of benzene rings is 1. The normalized spacial score (nSPS) is 11.0. The lowest BCUT2D eigenvalue weighted by Gasteiger charge is -2.19. The molecule has 0 saturated heterocycles. The van der Waals surface area contributed by atoms with Crippen LogP contribution in [0.2, 0.25) is 0 Å². The molecule has 0 aliphatic heterocycles. The Morgan fingerprint density at radius 2 is 2.06 bits per heavy atom. The Labute approximate surface area is 99.8 Å². The molecule has 0 heterocycles. The first-order chi connectivity index (χ1) is 7.88. The number of nitrogens with zero attached hydrogens (tertiary/aromatic N) is 1. The maximum atomic E-state index is 13.3. The van der Waals surface area contributed by atoms with E-state index in [1.807, 2.05) is 0 Å². The van der Waals surface area contributed by atoms with Gasteiger partial charge >= 0.3 is 0 Å². The molecule has 0 unspecified atom stereocenters. The van der Waals surface area contributed by atoms with Gasteiger partial charge in [0.25, 0.3) is 0 Å². The first kappa shape index (κ1) is 13.4. The zero-order valence-electron chi connectivity index (χ0n) is 9.57. The molecule has 0 amide bonds. The van der Waals surface area contributed by atoms with Gasteiger partial charge in [-0.3, -0.25) is 5.41 Å². The van der Waals surface area contributed by atoms with E-state index in [4.69, 9.17) is 5.41 Å². The summed E-state index contributed by atoms with van der Waals surface area (Å²) in [7, 11) is -1.05. The lowest BCUT2D eigenvalue weighted by atomic mass is 10.2. The minimum atomic E-state index is -3.74. The van der Waals surface area contributed by atoms with Gasteiger partial charge in [-0.2, -0.15) is 0 Å². The lowest BCUT2D eigenvalue weighted by Crippen LogP contribution is -2.40. The van der Waals surface area contributed by atoms with Crippen LogP contribution in [0.15, 0.2) is 24.3 Å². The van der Waals surface area contributed by atoms with E-state index in [-0.39, 0.29) is 11.5 Å². The van der Waals surface area contributed by atoms with Crippen molar-refractivity contribution in [1.29, 1.82) is 5.41 Å². The molecular formula is C10H14FN3O2S. The fourth-order valence-corrected chi connectivity index (χ4v) is 2.40. The van der Waals surface area contributed by atoms with Crippen LogP contribution in [0.1, 0.15) is 5.56 Å². The van der Waals surface area contributed by atoms with E-state index in [1.54, 1.807) is 6.07 Å². The first-order valence-corrected chi connectivity index (χ1v) is 6.45. The number of guanidine groups is 1. The molecule has 0 aliphatic rings. The Morgan fingerprint density at radius 1 is 1.47 bits per heavy atom. The van der Waals surface area contributed by atoms with Crippen LogP contribution in [0, 0.1) is 11.2 Å². The molecule has 1 aromatic rings. The Kier molecular flexibility index (Phi) is 4.06. The van der Waals surface area contributed by atoms with Crippen molar-refractivity contribution in [3.05, 3.63) is 35.6 Å². The highest BCUT2D eigenvalue weighted by Gasteiger charge is 2.21. The average Bonchev–Trinajstić information content (AvgIpc) is 2.30. The molecule has 0 fully saturated rings. The molecular weight excluding hydrogens is 245 g/mol. The van der Waals surface area contributed by atoms with Gasteiger partial charge in [0.15, 0.2) is 0 Å². The van der Waals surface area contributed by atoms with Crippen LogP contribution < -0.4 is 5.32 Å². The summed E-state index contributed by atoms with van der Waals surface area (Å²) in [5, 5.41) is 9.77. The highest BCUT2D eigenvalue weighted by Crippen LogP contribution is 2.12. The molecule has 0 aliphatic carbocycles. The summed E-state index contributed by atoms with van der Waals surface area (Å²) in [4.78, 5) is 0. The summed E-state index contributed by atoms with van der Waals surface area (Å²) >= 11 is 0. The van der Waals surface area contributed by atoms with Gasteiger partial charge in [-0.15, -0.1) is 0 Å². The monoisotopic (exact) mass is 259 g/mol. The highest BCUT2D eigenvalue weighted by molar-refractivity contribution is 7.88. The van der Waals surface area contributed by atoms with Crippen LogP contribution in [0.25, 0.3) is 0 Å². The van der Waals surface area contributed by atoms with Crippen molar-refractivity contribution in [2.24, 2.45) is 0 Å². The molecule has 2 N–H and O–H groups in total. The summed E-state index contributed by atoms with van der Waals surface area (Å²) in [6.45, 7) is 0. The van der Waals surface area contributed by atoms with Crippen molar-refractivity contribution in [2.75, 3.05) is 14.1 Å². The molecule has 0 saturated carbocycles. The molecule has 5 nitrogen and oxygen atoms in total. The fraction of sp³-hybridized carbons (Fsp3) is 0.300. The second-order valence-electron chi connectivity index (χ2n) is 3.41. The topological polar surface area (TPSA) is 73.3 Å². The molecule has 1 rings (SSSR count). The molecule has 7 heteroatoms. The molecule has 1 aromatic carbocycles. The first-order valence-electron chi connectivity index (χ1n) is 4.85. The van der Waals surface area contributed by atoms with E-state index < -0.39 is 21.6 Å². The number of hydrogen-bond donors (Lipinski definition) is 2. The van der Waals surface area contributed by atoms with Gasteiger partial charge in [0.05, 0.1) is 5.75 Å². The van der Waals surface area contributed by atoms with E-state index in [0.717, 1.165) is 4.31 Å². The van der Waals surface area contributed by atoms with Gasteiger partial charge in [-0.05, 0) is 6.07 Å². The van der Waals surface area contributed by atoms with Crippen molar-refractivity contribution < 1.29 is 12.8 Å². The van der Waals surface area contributed by atoms with Crippen molar-refractivity contribution in [2.45, 2.75) is 5.75 Å². The lowest BCUT2D eigenvalue weighted by molar-refractivity contribution is 0.542. The van der Waals surface area contributed by atoms with Crippen molar-refractivity contribution in [3.63, 3.8) is 0 Å². The number of hydrogen-bond acceptors (Lipinski definition) is 3. The van der Waals surface area contributed by atoms with Gasteiger partial charge in [-0.1, -0.05) is 18.2 Å². The largest absolute Gasteiger partial charge is 0.359 e. The third-order valence-electron chi connectivity index (χ3n) is 2.26. The van der Waals surface area contributed by atoms with Crippen LogP contribution >= 0.6 is 0 Å². The molecule has 0 radical (unpaired) electrons. The van der Waals surface area contributed by atoms with Crippen LogP contribution in [-0.4, -0.2) is 32.8 Å². The Balaban J connectivity index is 2.95. The van der Waals surface area contributed by atoms with E-state index in [0.29, 0.717) is 0 Å². The predicted molar refractivity (Wildman–Crippen MR) is 63.6 cm³/mol. The van der Waals surface area contributed by atoms with Gasteiger partial charge in [0.2, 0.25) is 16.0 Å². The van der Waals surface area contributed by atoms with Gasteiger partial charge in [0.1, 0.15) is 5.82 Å². The third kappa shape index (κ3) is 3.16.